The van der Waals surface area contributed by atoms with Crippen LogP contribution in [0.2, 0.25) is 0 Å². The highest BCUT2D eigenvalue weighted by molar-refractivity contribution is 5.25. The molecule has 0 spiro atoms. The van der Waals surface area contributed by atoms with Crippen LogP contribution in [0.4, 0.5) is 8.78 Å². The Balaban J connectivity index is 2.34. The standard InChI is InChI=1S/C15H19F2N3/c1-4-18-14(9-11-8-10(2)19-20(11)3)15-12(16)6-5-7-13(15)17/h5-8,14,18H,4,9H2,1-3H3. The number of nitrogens with one attached hydrogen (secondary N) is 1. The van der Waals surface area contributed by atoms with Crippen LogP contribution in [0.15, 0.2) is 24.3 Å². The first-order valence-corrected chi connectivity index (χ1v) is 6.69. The maximum Gasteiger partial charge on any atom is 0.130 e. The first-order chi connectivity index (χ1) is 9.52. The van der Waals surface area contributed by atoms with E-state index in [9.17, 15) is 8.78 Å². The summed E-state index contributed by atoms with van der Waals surface area (Å²) in [5, 5.41) is 7.41. The van der Waals surface area contributed by atoms with Gasteiger partial charge in [0.2, 0.25) is 0 Å². The minimum absolute atomic E-state index is 0.0909. The topological polar surface area (TPSA) is 29.9 Å². The molecule has 1 atom stereocenters. The Kier molecular flexibility index (Phi) is 4.49. The Labute approximate surface area is 117 Å². The molecule has 108 valence electrons. The first kappa shape index (κ1) is 14.7. The molecule has 0 saturated heterocycles. The normalized spacial score (nSPS) is 12.7. The zero-order chi connectivity index (χ0) is 14.7. The highest BCUT2D eigenvalue weighted by atomic mass is 19.1. The van der Waals surface area contributed by atoms with Crippen LogP contribution in [0.25, 0.3) is 0 Å². The molecule has 20 heavy (non-hydrogen) atoms. The number of benzene rings is 1. The number of aromatic nitrogens is 2. The van der Waals surface area contributed by atoms with Gasteiger partial charge in [-0.15, -0.1) is 0 Å². The Morgan fingerprint density at radius 1 is 1.30 bits per heavy atom. The summed E-state index contributed by atoms with van der Waals surface area (Å²) in [5.74, 6) is -1.04. The van der Waals surface area contributed by atoms with E-state index in [1.165, 1.54) is 18.2 Å². The third-order valence-corrected chi connectivity index (χ3v) is 3.31. The lowest BCUT2D eigenvalue weighted by Gasteiger charge is -2.19. The van der Waals surface area contributed by atoms with Gasteiger partial charge < -0.3 is 5.32 Å². The van der Waals surface area contributed by atoms with Gasteiger partial charge in [-0.25, -0.2) is 8.78 Å². The number of hydrogen-bond acceptors (Lipinski definition) is 2. The third-order valence-electron chi connectivity index (χ3n) is 3.31. The van der Waals surface area contributed by atoms with Crippen molar-refractivity contribution in [3.63, 3.8) is 0 Å². The van der Waals surface area contributed by atoms with Crippen LogP contribution < -0.4 is 5.32 Å². The van der Waals surface area contributed by atoms with Crippen LogP contribution in [0.3, 0.4) is 0 Å². The van der Waals surface area contributed by atoms with Gasteiger partial charge in [-0.1, -0.05) is 13.0 Å². The predicted octanol–water partition coefficient (Wildman–Crippen LogP) is 2.90. The molecule has 0 radical (unpaired) electrons. The second kappa shape index (κ2) is 6.13. The molecule has 3 nitrogen and oxygen atoms in total. The number of rotatable bonds is 5. The summed E-state index contributed by atoms with van der Waals surface area (Å²) >= 11 is 0. The number of hydrogen-bond donors (Lipinski definition) is 1. The second-order valence-corrected chi connectivity index (χ2v) is 4.85. The Morgan fingerprint density at radius 3 is 2.45 bits per heavy atom. The van der Waals surface area contributed by atoms with E-state index in [4.69, 9.17) is 0 Å². The van der Waals surface area contributed by atoms with Gasteiger partial charge in [-0.3, -0.25) is 4.68 Å². The number of likely N-dealkylation sites (N-methyl/N-ethyl adjacent to an activating group) is 1. The zero-order valence-electron chi connectivity index (χ0n) is 12.0. The van der Waals surface area contributed by atoms with E-state index in [0.29, 0.717) is 13.0 Å². The summed E-state index contributed by atoms with van der Waals surface area (Å²) in [6, 6.07) is 5.49. The van der Waals surface area contributed by atoms with Crippen molar-refractivity contribution in [3.05, 3.63) is 52.9 Å². The van der Waals surface area contributed by atoms with Crippen LogP contribution in [0.5, 0.6) is 0 Å². The fraction of sp³-hybridized carbons (Fsp3) is 0.400. The summed E-state index contributed by atoms with van der Waals surface area (Å²) in [6.07, 6.45) is 0.489. The van der Waals surface area contributed by atoms with E-state index in [1.54, 1.807) is 4.68 Å². The molecule has 1 aromatic heterocycles. The molecule has 1 aromatic carbocycles. The average molecular weight is 279 g/mol. The molecule has 0 bridgehead atoms. The second-order valence-electron chi connectivity index (χ2n) is 4.85. The van der Waals surface area contributed by atoms with Crippen LogP contribution in [-0.4, -0.2) is 16.3 Å². The summed E-state index contributed by atoms with van der Waals surface area (Å²) in [6.45, 7) is 4.45. The third kappa shape index (κ3) is 3.04. The highest BCUT2D eigenvalue weighted by Gasteiger charge is 2.21. The fourth-order valence-corrected chi connectivity index (χ4v) is 2.43. The molecule has 2 aromatic rings. The maximum absolute atomic E-state index is 13.9. The van der Waals surface area contributed by atoms with E-state index in [-0.39, 0.29) is 5.56 Å². The van der Waals surface area contributed by atoms with Crippen molar-refractivity contribution >= 4 is 0 Å². The summed E-state index contributed by atoms with van der Waals surface area (Å²) in [4.78, 5) is 0. The lowest BCUT2D eigenvalue weighted by Crippen LogP contribution is -2.25. The lowest BCUT2D eigenvalue weighted by atomic mass is 10.0. The summed E-state index contributed by atoms with van der Waals surface area (Å²) in [5.41, 5.74) is 1.93. The van der Waals surface area contributed by atoms with Crippen LogP contribution in [0.1, 0.15) is 29.9 Å². The molecular weight excluding hydrogens is 260 g/mol. The smallest absolute Gasteiger partial charge is 0.130 e. The predicted molar refractivity (Wildman–Crippen MR) is 74.4 cm³/mol. The molecule has 0 aliphatic heterocycles. The Bertz CT molecular complexity index is 573. The van der Waals surface area contributed by atoms with Gasteiger partial charge in [-0.2, -0.15) is 5.10 Å². The molecule has 1 heterocycles. The van der Waals surface area contributed by atoms with Gasteiger partial charge in [-0.05, 0) is 31.7 Å². The number of halogens is 2. The molecule has 0 aliphatic carbocycles. The highest BCUT2D eigenvalue weighted by Crippen LogP contribution is 2.24. The van der Waals surface area contributed by atoms with Crippen LogP contribution >= 0.6 is 0 Å². The molecule has 0 saturated carbocycles. The van der Waals surface area contributed by atoms with Crippen LogP contribution in [0, 0.1) is 18.6 Å². The minimum Gasteiger partial charge on any atom is -0.310 e. The van der Waals surface area contributed by atoms with Crippen molar-refractivity contribution in [2.45, 2.75) is 26.3 Å². The van der Waals surface area contributed by atoms with E-state index in [1.807, 2.05) is 27.0 Å². The molecule has 1 unspecified atom stereocenters. The Hall–Kier alpha value is -1.75. The summed E-state index contributed by atoms with van der Waals surface area (Å²) < 4.78 is 29.6. The van der Waals surface area contributed by atoms with E-state index in [2.05, 4.69) is 10.4 Å². The van der Waals surface area contributed by atoms with Gasteiger partial charge in [0.25, 0.3) is 0 Å². The van der Waals surface area contributed by atoms with Crippen molar-refractivity contribution in [2.24, 2.45) is 7.05 Å². The van der Waals surface area contributed by atoms with E-state index < -0.39 is 17.7 Å². The Morgan fingerprint density at radius 2 is 1.95 bits per heavy atom. The molecular formula is C15H19F2N3. The summed E-state index contributed by atoms with van der Waals surface area (Å²) in [7, 11) is 1.84. The quantitative estimate of drug-likeness (QED) is 0.912. The molecule has 5 heteroatoms. The molecule has 0 aliphatic rings. The van der Waals surface area contributed by atoms with Crippen molar-refractivity contribution < 1.29 is 8.78 Å². The largest absolute Gasteiger partial charge is 0.310 e. The number of aryl methyl sites for hydroxylation is 2. The van der Waals surface area contributed by atoms with E-state index >= 15 is 0 Å². The van der Waals surface area contributed by atoms with Crippen molar-refractivity contribution in [3.8, 4) is 0 Å². The van der Waals surface area contributed by atoms with Gasteiger partial charge in [0.15, 0.2) is 0 Å². The lowest BCUT2D eigenvalue weighted by molar-refractivity contribution is 0.464. The zero-order valence-corrected chi connectivity index (χ0v) is 12.0. The fourth-order valence-electron chi connectivity index (χ4n) is 2.43. The monoisotopic (exact) mass is 279 g/mol. The SMILES string of the molecule is CCNC(Cc1cc(C)nn1C)c1c(F)cccc1F. The van der Waals surface area contributed by atoms with Crippen molar-refractivity contribution in [2.75, 3.05) is 6.54 Å². The first-order valence-electron chi connectivity index (χ1n) is 6.69. The van der Waals surface area contributed by atoms with Gasteiger partial charge in [0.1, 0.15) is 11.6 Å². The van der Waals surface area contributed by atoms with Crippen molar-refractivity contribution in [1.82, 2.24) is 15.1 Å². The van der Waals surface area contributed by atoms with Crippen molar-refractivity contribution in [1.29, 1.82) is 0 Å². The van der Waals surface area contributed by atoms with Crippen LogP contribution in [-0.2, 0) is 13.5 Å². The average Bonchev–Trinajstić information content (AvgIpc) is 2.67. The molecule has 0 fully saturated rings. The molecule has 1 N–H and O–H groups in total. The minimum atomic E-state index is -0.519. The number of nitrogens with zero attached hydrogens (tertiary/aromatic N) is 2. The van der Waals surface area contributed by atoms with Gasteiger partial charge in [0, 0.05) is 30.8 Å². The molecule has 2 rings (SSSR count). The maximum atomic E-state index is 13.9. The van der Waals surface area contributed by atoms with Gasteiger partial charge in [0.05, 0.1) is 5.69 Å². The van der Waals surface area contributed by atoms with Gasteiger partial charge >= 0.3 is 0 Å². The molecule has 0 amide bonds. The van der Waals surface area contributed by atoms with E-state index in [0.717, 1.165) is 11.4 Å².